The second-order valence-corrected chi connectivity index (χ2v) is 4.76. The second kappa shape index (κ2) is 7.34. The van der Waals surface area contributed by atoms with Crippen LogP contribution < -0.4 is 10.5 Å². The van der Waals surface area contributed by atoms with Gasteiger partial charge in [-0.15, -0.1) is 0 Å². The Hall–Kier alpha value is -1.13. The molecular formula is C14H22FNO2. The minimum absolute atomic E-state index is 0.228. The van der Waals surface area contributed by atoms with Crippen LogP contribution in [-0.4, -0.2) is 20.3 Å². The first-order valence-corrected chi connectivity index (χ1v) is 6.21. The molecule has 0 aliphatic heterocycles. The molecule has 0 aliphatic rings. The van der Waals surface area contributed by atoms with Crippen LogP contribution >= 0.6 is 0 Å². The molecule has 0 bridgehead atoms. The Morgan fingerprint density at radius 1 is 1.33 bits per heavy atom. The number of hydrogen-bond acceptors (Lipinski definition) is 3. The van der Waals surface area contributed by atoms with Crippen molar-refractivity contribution < 1.29 is 13.9 Å². The molecule has 1 aromatic carbocycles. The monoisotopic (exact) mass is 255 g/mol. The van der Waals surface area contributed by atoms with Gasteiger partial charge >= 0.3 is 0 Å². The molecule has 1 aromatic rings. The quantitative estimate of drug-likeness (QED) is 0.762. The van der Waals surface area contributed by atoms with Gasteiger partial charge in [-0.2, -0.15) is 0 Å². The van der Waals surface area contributed by atoms with Gasteiger partial charge in [0.05, 0.1) is 19.8 Å². The highest BCUT2D eigenvalue weighted by molar-refractivity contribution is 5.30. The molecule has 0 amide bonds. The molecule has 2 N–H and O–H groups in total. The third-order valence-electron chi connectivity index (χ3n) is 2.74. The summed E-state index contributed by atoms with van der Waals surface area (Å²) < 4.78 is 23.8. The zero-order valence-electron chi connectivity index (χ0n) is 11.3. The highest BCUT2D eigenvalue weighted by Gasteiger charge is 2.10. The fourth-order valence-corrected chi connectivity index (χ4v) is 1.54. The Kier molecular flexibility index (Phi) is 6.09. The van der Waals surface area contributed by atoms with E-state index in [0.717, 1.165) is 12.0 Å². The minimum atomic E-state index is -0.396. The molecule has 3 nitrogen and oxygen atoms in total. The summed E-state index contributed by atoms with van der Waals surface area (Å²) in [6.45, 7) is 5.37. The molecule has 0 aromatic heterocycles. The molecule has 1 atom stereocenters. The summed E-state index contributed by atoms with van der Waals surface area (Å²) in [5, 5.41) is 0. The van der Waals surface area contributed by atoms with E-state index in [1.807, 2.05) is 0 Å². The number of nitrogens with two attached hydrogens (primary N) is 1. The van der Waals surface area contributed by atoms with Crippen molar-refractivity contribution in [2.24, 2.45) is 11.7 Å². The third-order valence-corrected chi connectivity index (χ3v) is 2.74. The van der Waals surface area contributed by atoms with Gasteiger partial charge in [0.1, 0.15) is 0 Å². The Morgan fingerprint density at radius 2 is 2.06 bits per heavy atom. The van der Waals surface area contributed by atoms with E-state index in [0.29, 0.717) is 19.1 Å². The van der Waals surface area contributed by atoms with Crippen LogP contribution in [0.3, 0.4) is 0 Å². The standard InChI is InChI=1S/C14H22FNO2/c1-10(2)6-7-18-9-13(16)11-4-5-14(17-3)12(15)8-11/h4-5,8,10,13H,6-7,9,16H2,1-3H3. The largest absolute Gasteiger partial charge is 0.494 e. The Labute approximate surface area is 108 Å². The molecule has 4 heteroatoms. The number of ether oxygens (including phenoxy) is 2. The maximum Gasteiger partial charge on any atom is 0.165 e. The van der Waals surface area contributed by atoms with E-state index in [-0.39, 0.29) is 11.8 Å². The SMILES string of the molecule is COc1ccc(C(N)COCCC(C)C)cc1F. The Balaban J connectivity index is 2.46. The van der Waals surface area contributed by atoms with Gasteiger partial charge in [-0.3, -0.25) is 0 Å². The van der Waals surface area contributed by atoms with Gasteiger partial charge < -0.3 is 15.2 Å². The summed E-state index contributed by atoms with van der Waals surface area (Å²) in [6, 6.07) is 4.43. The zero-order chi connectivity index (χ0) is 13.5. The van der Waals surface area contributed by atoms with Crippen molar-refractivity contribution in [1.29, 1.82) is 0 Å². The molecule has 0 saturated heterocycles. The summed E-state index contributed by atoms with van der Waals surface area (Å²) in [5.74, 6) is 0.443. The fraction of sp³-hybridized carbons (Fsp3) is 0.571. The predicted octanol–water partition coefficient (Wildman–Crippen LogP) is 2.90. The van der Waals surface area contributed by atoms with Crippen molar-refractivity contribution in [3.8, 4) is 5.75 Å². The summed E-state index contributed by atoms with van der Waals surface area (Å²) in [7, 11) is 1.44. The van der Waals surface area contributed by atoms with Gasteiger partial charge in [0.25, 0.3) is 0 Å². The van der Waals surface area contributed by atoms with Crippen LogP contribution in [0.2, 0.25) is 0 Å². The molecule has 18 heavy (non-hydrogen) atoms. The highest BCUT2D eigenvalue weighted by Crippen LogP contribution is 2.21. The maximum atomic E-state index is 13.5. The predicted molar refractivity (Wildman–Crippen MR) is 70.2 cm³/mol. The van der Waals surface area contributed by atoms with Gasteiger partial charge in [-0.1, -0.05) is 19.9 Å². The number of halogens is 1. The van der Waals surface area contributed by atoms with Crippen LogP contribution in [0.15, 0.2) is 18.2 Å². The Morgan fingerprint density at radius 3 is 2.61 bits per heavy atom. The zero-order valence-corrected chi connectivity index (χ0v) is 11.3. The van der Waals surface area contributed by atoms with E-state index < -0.39 is 5.82 Å². The Bertz CT molecular complexity index is 369. The first-order chi connectivity index (χ1) is 8.54. The minimum Gasteiger partial charge on any atom is -0.494 e. The molecule has 0 aliphatic carbocycles. The molecule has 1 unspecified atom stereocenters. The third kappa shape index (κ3) is 4.63. The summed E-state index contributed by atoms with van der Waals surface area (Å²) >= 11 is 0. The van der Waals surface area contributed by atoms with E-state index in [1.54, 1.807) is 12.1 Å². The number of rotatable bonds is 7. The van der Waals surface area contributed by atoms with Crippen molar-refractivity contribution in [2.75, 3.05) is 20.3 Å². The number of hydrogen-bond donors (Lipinski definition) is 1. The van der Waals surface area contributed by atoms with Crippen LogP contribution in [0.1, 0.15) is 31.9 Å². The molecule has 0 heterocycles. The average molecular weight is 255 g/mol. The smallest absolute Gasteiger partial charge is 0.165 e. The summed E-state index contributed by atoms with van der Waals surface area (Å²) in [6.07, 6.45) is 1.00. The lowest BCUT2D eigenvalue weighted by Crippen LogP contribution is -2.18. The van der Waals surface area contributed by atoms with E-state index in [9.17, 15) is 4.39 Å². The lowest BCUT2D eigenvalue weighted by Gasteiger charge is -2.14. The fourth-order valence-electron chi connectivity index (χ4n) is 1.54. The first-order valence-electron chi connectivity index (χ1n) is 6.21. The number of methoxy groups -OCH3 is 1. The second-order valence-electron chi connectivity index (χ2n) is 4.76. The number of benzene rings is 1. The van der Waals surface area contributed by atoms with Crippen LogP contribution in [0, 0.1) is 11.7 Å². The van der Waals surface area contributed by atoms with E-state index in [2.05, 4.69) is 13.8 Å². The lowest BCUT2D eigenvalue weighted by atomic mass is 10.1. The molecule has 0 fully saturated rings. The normalized spacial score (nSPS) is 12.8. The van der Waals surface area contributed by atoms with Crippen LogP contribution in [0.25, 0.3) is 0 Å². The van der Waals surface area contributed by atoms with Crippen LogP contribution in [-0.2, 0) is 4.74 Å². The van der Waals surface area contributed by atoms with Crippen molar-refractivity contribution in [3.63, 3.8) is 0 Å². The van der Waals surface area contributed by atoms with E-state index >= 15 is 0 Å². The topological polar surface area (TPSA) is 44.5 Å². The summed E-state index contributed by atoms with van der Waals surface area (Å²) in [4.78, 5) is 0. The molecule has 0 spiro atoms. The molecule has 1 rings (SSSR count). The average Bonchev–Trinajstić information content (AvgIpc) is 2.34. The molecular weight excluding hydrogens is 233 g/mol. The first kappa shape index (κ1) is 14.9. The van der Waals surface area contributed by atoms with Gasteiger partial charge in [0.2, 0.25) is 0 Å². The van der Waals surface area contributed by atoms with Gasteiger partial charge in [-0.25, -0.2) is 4.39 Å². The van der Waals surface area contributed by atoms with Crippen molar-refractivity contribution in [2.45, 2.75) is 26.3 Å². The van der Waals surface area contributed by atoms with Crippen molar-refractivity contribution >= 4 is 0 Å². The molecule has 0 saturated carbocycles. The van der Waals surface area contributed by atoms with Crippen molar-refractivity contribution in [1.82, 2.24) is 0 Å². The van der Waals surface area contributed by atoms with E-state index in [1.165, 1.54) is 13.2 Å². The molecule has 102 valence electrons. The van der Waals surface area contributed by atoms with Gasteiger partial charge in [-0.05, 0) is 30.0 Å². The van der Waals surface area contributed by atoms with Crippen LogP contribution in [0.4, 0.5) is 4.39 Å². The maximum absolute atomic E-state index is 13.5. The van der Waals surface area contributed by atoms with Gasteiger partial charge in [0.15, 0.2) is 11.6 Å². The molecule has 0 radical (unpaired) electrons. The highest BCUT2D eigenvalue weighted by atomic mass is 19.1. The van der Waals surface area contributed by atoms with Crippen molar-refractivity contribution in [3.05, 3.63) is 29.6 Å². The van der Waals surface area contributed by atoms with Crippen LogP contribution in [0.5, 0.6) is 5.75 Å². The summed E-state index contributed by atoms with van der Waals surface area (Å²) in [5.41, 5.74) is 6.66. The lowest BCUT2D eigenvalue weighted by molar-refractivity contribution is 0.111. The van der Waals surface area contributed by atoms with E-state index in [4.69, 9.17) is 15.2 Å². The van der Waals surface area contributed by atoms with Gasteiger partial charge in [0, 0.05) is 6.61 Å².